The molecule has 0 fully saturated rings. The zero-order valence-corrected chi connectivity index (χ0v) is 8.23. The maximum Gasteiger partial charge on any atom is 2.00 e. The molecule has 0 bridgehead atoms. The van der Waals surface area contributed by atoms with Crippen LogP contribution >= 0.6 is 0 Å². The first-order chi connectivity index (χ1) is 0. The van der Waals surface area contributed by atoms with Gasteiger partial charge in [0.05, 0.1) is 0 Å². The first-order valence-corrected chi connectivity index (χ1v) is 0. The molecule has 0 aromatic carbocycles. The van der Waals surface area contributed by atoms with E-state index in [-0.39, 0.29) is 86.1 Å². The van der Waals surface area contributed by atoms with Gasteiger partial charge in [0.2, 0.25) is 0 Å². The summed E-state index contributed by atoms with van der Waals surface area (Å²) >= 11 is 0. The minimum absolute atomic E-state index is 0. The van der Waals surface area contributed by atoms with Gasteiger partial charge in [0.1, 0.15) is 0 Å². The quantitative estimate of drug-likeness (QED) is 0.439. The van der Waals surface area contributed by atoms with Gasteiger partial charge in [-0.15, -0.1) is 0 Å². The summed E-state index contributed by atoms with van der Waals surface area (Å²) in [5.41, 5.74) is 0. The molecule has 0 amide bonds. The largest absolute Gasteiger partial charge is 2.00 e. The minimum Gasteiger partial charge on any atom is -1.00 e. The molecule has 0 spiro atoms. The van der Waals surface area contributed by atoms with Crippen molar-refractivity contribution in [3.05, 3.63) is 0 Å². The molecule has 6 heteroatoms. The van der Waals surface area contributed by atoms with E-state index in [4.69, 9.17) is 0 Å². The summed E-state index contributed by atoms with van der Waals surface area (Å²) in [7, 11) is 0. The van der Waals surface area contributed by atoms with E-state index < -0.39 is 0 Å². The van der Waals surface area contributed by atoms with Crippen LogP contribution in [0.4, 0.5) is 0 Å². The minimum atomic E-state index is 0. The maximum atomic E-state index is 0. The summed E-state index contributed by atoms with van der Waals surface area (Å²) in [6.45, 7) is 0. The number of hydrogen-bond donors (Lipinski definition) is 0. The molecule has 0 nitrogen and oxygen atoms in total. The fourth-order valence-corrected chi connectivity index (χ4v) is 0. The van der Waals surface area contributed by atoms with Gasteiger partial charge in [-0.2, -0.15) is 0 Å². The van der Waals surface area contributed by atoms with Crippen LogP contribution in [0, 0.1) is 0 Å². The molecule has 16 radical (unpaired) electrons. The molecule has 0 aromatic heterocycles. The maximum absolute atomic E-state index is 0. The van der Waals surface area contributed by atoms with Crippen LogP contribution in [0.5, 0.6) is 0 Å². The second-order valence-corrected chi connectivity index (χ2v) is 0. The van der Waals surface area contributed by atoms with Gasteiger partial charge in [-0.25, -0.2) is 0 Å². The van der Waals surface area contributed by atoms with Crippen LogP contribution in [-0.2, 0) is 52.4 Å². The molecule has 0 aliphatic heterocycles. The van der Waals surface area contributed by atoms with Crippen LogP contribution in [-0.4, -0.2) is 33.7 Å². The predicted octanol–water partition coefficient (Wildman–Crippen LogP) is -1.53. The molecule has 0 aliphatic rings. The van der Waals surface area contributed by atoms with Crippen molar-refractivity contribution in [3.8, 4) is 0 Å². The van der Waals surface area contributed by atoms with Crippen LogP contribution in [0.25, 0.3) is 0 Å². The number of hydrogen-bond acceptors (Lipinski definition) is 0. The van der Waals surface area contributed by atoms with Crippen molar-refractivity contribution >= 4 is 33.7 Å². The zero-order chi connectivity index (χ0) is 0. The van der Waals surface area contributed by atoms with Crippen molar-refractivity contribution in [2.24, 2.45) is 0 Å². The molecule has 0 atom stereocenters. The molecule has 0 saturated carbocycles. The SMILES string of the molecule is [B-].[B-].[B-].[B-].[Zr+2].[Zr+2]. The average Bonchev–Trinajstić information content (AvgIpc) is 0. The van der Waals surface area contributed by atoms with Crippen molar-refractivity contribution in [2.45, 2.75) is 0 Å². The Bertz CT molecular complexity index is 5.51. The van der Waals surface area contributed by atoms with Gasteiger partial charge in [-0.3, -0.25) is 0 Å². The molecule has 0 aromatic rings. The van der Waals surface area contributed by atoms with Gasteiger partial charge in [0.25, 0.3) is 0 Å². The Balaban J connectivity index is 0. The van der Waals surface area contributed by atoms with Gasteiger partial charge in [0.15, 0.2) is 0 Å². The second-order valence-electron chi connectivity index (χ2n) is 0. The third-order valence-electron chi connectivity index (χ3n) is 0. The van der Waals surface area contributed by atoms with Gasteiger partial charge in [0, 0.05) is 0 Å². The molecule has 0 unspecified atom stereocenters. The third kappa shape index (κ3) is 37.1. The van der Waals surface area contributed by atoms with E-state index in [0.29, 0.717) is 0 Å². The molecule has 0 aliphatic carbocycles. The van der Waals surface area contributed by atoms with Crippen LogP contribution < -0.4 is 0 Å². The van der Waals surface area contributed by atoms with E-state index in [1.807, 2.05) is 0 Å². The number of rotatable bonds is 0. The van der Waals surface area contributed by atoms with Gasteiger partial charge in [-0.1, -0.05) is 0 Å². The fraction of sp³-hybridized carbons (Fsp3) is 0. The van der Waals surface area contributed by atoms with Crippen LogP contribution in [0.3, 0.4) is 0 Å². The molecule has 0 heterocycles. The van der Waals surface area contributed by atoms with Crippen molar-refractivity contribution in [2.75, 3.05) is 0 Å². The Morgan fingerprint density at radius 2 is 0.333 bits per heavy atom. The fourth-order valence-electron chi connectivity index (χ4n) is 0. The van der Waals surface area contributed by atoms with E-state index in [2.05, 4.69) is 0 Å². The third-order valence-corrected chi connectivity index (χ3v) is 0. The summed E-state index contributed by atoms with van der Waals surface area (Å²) < 4.78 is 0. The van der Waals surface area contributed by atoms with Crippen molar-refractivity contribution in [3.63, 3.8) is 0 Å². The Kier molecular flexibility index (Phi) is 1000. The molecule has 0 saturated heterocycles. The summed E-state index contributed by atoms with van der Waals surface area (Å²) in [4.78, 5) is 0. The Morgan fingerprint density at radius 1 is 0.333 bits per heavy atom. The van der Waals surface area contributed by atoms with Crippen molar-refractivity contribution in [1.82, 2.24) is 0 Å². The van der Waals surface area contributed by atoms with E-state index in [1.165, 1.54) is 0 Å². The zero-order valence-electron chi connectivity index (χ0n) is 3.31. The summed E-state index contributed by atoms with van der Waals surface area (Å²) in [6.07, 6.45) is 0. The van der Waals surface area contributed by atoms with Crippen molar-refractivity contribution in [1.29, 1.82) is 0 Å². The normalized spacial score (nSPS) is 0. The first kappa shape index (κ1) is 96.5. The molecule has 0 N–H and O–H groups in total. The monoisotopic (exact) mass is 224 g/mol. The standard InChI is InChI=1S/4B.2Zr/q4*-1;2*+2. The summed E-state index contributed by atoms with van der Waals surface area (Å²) in [5.74, 6) is 0. The molecule has 20 valence electrons. The molecular weight excluding hydrogens is 226 g/mol. The smallest absolute Gasteiger partial charge is 1.00 e. The van der Waals surface area contributed by atoms with E-state index >= 15 is 0 Å². The van der Waals surface area contributed by atoms with Gasteiger partial charge in [-0.05, 0) is 0 Å². The first-order valence-electron chi connectivity index (χ1n) is 0. The molecule has 6 heavy (non-hydrogen) atoms. The summed E-state index contributed by atoms with van der Waals surface area (Å²) in [6, 6.07) is 0. The molecule has 0 rings (SSSR count). The Hall–Kier alpha value is 2.03. The predicted molar refractivity (Wildman–Crippen MR) is 23.0 cm³/mol. The van der Waals surface area contributed by atoms with Crippen LogP contribution in [0.1, 0.15) is 0 Å². The van der Waals surface area contributed by atoms with Crippen molar-refractivity contribution < 1.29 is 52.4 Å². The second kappa shape index (κ2) is 62.2. The molecular formula is B4Zr2. The van der Waals surface area contributed by atoms with E-state index in [0.717, 1.165) is 0 Å². The Morgan fingerprint density at radius 3 is 0.333 bits per heavy atom. The average molecular weight is 226 g/mol. The van der Waals surface area contributed by atoms with Gasteiger partial charge >= 0.3 is 52.4 Å². The van der Waals surface area contributed by atoms with Crippen LogP contribution in [0.15, 0.2) is 0 Å². The van der Waals surface area contributed by atoms with E-state index in [9.17, 15) is 0 Å². The van der Waals surface area contributed by atoms with E-state index in [1.54, 1.807) is 0 Å². The summed E-state index contributed by atoms with van der Waals surface area (Å²) in [5, 5.41) is 0. The van der Waals surface area contributed by atoms with Gasteiger partial charge < -0.3 is 33.7 Å². The Labute approximate surface area is 85.2 Å². The van der Waals surface area contributed by atoms with Crippen LogP contribution in [0.2, 0.25) is 0 Å². The topological polar surface area (TPSA) is 0 Å².